The van der Waals surface area contributed by atoms with E-state index in [1.807, 2.05) is 45.0 Å². The van der Waals surface area contributed by atoms with Gasteiger partial charge in [-0.1, -0.05) is 70.9 Å². The summed E-state index contributed by atoms with van der Waals surface area (Å²) in [5, 5.41) is 17.9. The van der Waals surface area contributed by atoms with Crippen LogP contribution in [0.25, 0.3) is 0 Å². The maximum absolute atomic E-state index is 14.0. The van der Waals surface area contributed by atoms with E-state index in [4.69, 9.17) is 10.2 Å². The first-order chi connectivity index (χ1) is 18.9. The third-order valence-corrected chi connectivity index (χ3v) is 7.47. The van der Waals surface area contributed by atoms with Crippen LogP contribution in [-0.4, -0.2) is 52.6 Å². The largest absolute Gasteiger partial charge is 0.481 e. The summed E-state index contributed by atoms with van der Waals surface area (Å²) in [6.45, 7) is 7.18. The van der Waals surface area contributed by atoms with Gasteiger partial charge in [0.2, 0.25) is 5.91 Å². The van der Waals surface area contributed by atoms with Crippen molar-refractivity contribution in [3.8, 4) is 0 Å². The van der Waals surface area contributed by atoms with E-state index in [2.05, 4.69) is 12.2 Å². The van der Waals surface area contributed by atoms with E-state index in [1.54, 1.807) is 24.3 Å². The molecule has 1 saturated carbocycles. The fourth-order valence-corrected chi connectivity index (χ4v) is 5.29. The summed E-state index contributed by atoms with van der Waals surface area (Å²) >= 11 is 0. The second kappa shape index (κ2) is 12.0. The van der Waals surface area contributed by atoms with Gasteiger partial charge in [-0.2, -0.15) is 5.10 Å². The number of amides is 3. The molecule has 2 aromatic rings. The van der Waals surface area contributed by atoms with Gasteiger partial charge in [0, 0.05) is 22.6 Å². The van der Waals surface area contributed by atoms with Gasteiger partial charge in [0.25, 0.3) is 0 Å². The molecule has 2 N–H and O–H groups in total. The second-order valence-corrected chi connectivity index (χ2v) is 11.9. The minimum atomic E-state index is -0.970. The van der Waals surface area contributed by atoms with Gasteiger partial charge in [0.05, 0.1) is 24.4 Å². The van der Waals surface area contributed by atoms with Gasteiger partial charge in [-0.3, -0.25) is 19.3 Å². The van der Waals surface area contributed by atoms with E-state index in [1.165, 1.54) is 9.91 Å². The lowest BCUT2D eigenvalue weighted by Gasteiger charge is -2.29. The van der Waals surface area contributed by atoms with E-state index in [0.717, 1.165) is 37.0 Å². The Hall–Kier alpha value is -4.01. The lowest BCUT2D eigenvalue weighted by Crippen LogP contribution is -2.47. The van der Waals surface area contributed by atoms with Gasteiger partial charge in [-0.05, 0) is 42.5 Å². The van der Waals surface area contributed by atoms with Crippen LogP contribution in [0.3, 0.4) is 0 Å². The molecule has 4 rings (SSSR count). The summed E-state index contributed by atoms with van der Waals surface area (Å²) in [6, 6.07) is 13.6. The SMILES string of the molecule is CC1CCCC(C2=NN(CC(=O)Nc3cccc(CC(=O)O)c3)C(=O)N(CC(=O)C(C)(C)C)c3ccccc32)C1. The summed E-state index contributed by atoms with van der Waals surface area (Å²) in [6.07, 6.45) is 3.89. The van der Waals surface area contributed by atoms with Gasteiger partial charge < -0.3 is 10.4 Å². The molecule has 2 atom stereocenters. The predicted octanol–water partition coefficient (Wildman–Crippen LogP) is 5.34. The molecular formula is C31H38N4O5. The number of carboxylic acid groups (broad SMARTS) is 1. The first kappa shape index (κ1) is 29.0. The number of para-hydroxylation sites is 1. The fourth-order valence-electron chi connectivity index (χ4n) is 5.29. The number of carbonyl (C=O) groups excluding carboxylic acids is 3. The van der Waals surface area contributed by atoms with Crippen LogP contribution >= 0.6 is 0 Å². The van der Waals surface area contributed by atoms with Crippen molar-refractivity contribution in [2.45, 2.75) is 59.8 Å². The van der Waals surface area contributed by atoms with Gasteiger partial charge in [0.1, 0.15) is 6.54 Å². The molecule has 1 aliphatic carbocycles. The zero-order valence-electron chi connectivity index (χ0n) is 23.6. The monoisotopic (exact) mass is 546 g/mol. The van der Waals surface area contributed by atoms with Crippen molar-refractivity contribution in [3.63, 3.8) is 0 Å². The first-order valence-corrected chi connectivity index (χ1v) is 13.8. The van der Waals surface area contributed by atoms with Crippen LogP contribution < -0.4 is 10.2 Å². The molecule has 40 heavy (non-hydrogen) atoms. The van der Waals surface area contributed by atoms with E-state index < -0.39 is 23.3 Å². The van der Waals surface area contributed by atoms with E-state index >= 15 is 0 Å². The minimum Gasteiger partial charge on any atom is -0.481 e. The molecule has 0 radical (unpaired) electrons. The molecule has 1 aliphatic heterocycles. The molecule has 9 heteroatoms. The number of urea groups is 1. The standard InChI is InChI=1S/C31H38N4O5/c1-20-9-7-11-22(15-20)29-24-13-5-6-14-25(24)34(18-26(36)31(2,3)4)30(40)35(33-29)19-27(37)32-23-12-8-10-21(16-23)17-28(38)39/h5-6,8,10,12-14,16,20,22H,7,9,11,15,17-19H2,1-4H3,(H,32,37)(H,38,39). The third-order valence-electron chi connectivity index (χ3n) is 7.47. The number of hydrogen-bond acceptors (Lipinski definition) is 5. The van der Waals surface area contributed by atoms with Crippen LogP contribution in [0, 0.1) is 17.3 Å². The van der Waals surface area contributed by atoms with E-state index in [9.17, 15) is 19.2 Å². The number of hydrazone groups is 1. The average Bonchev–Trinajstić information content (AvgIpc) is 2.98. The Labute approximate surface area is 235 Å². The first-order valence-electron chi connectivity index (χ1n) is 13.8. The number of ketones is 1. The van der Waals surface area contributed by atoms with E-state index in [0.29, 0.717) is 22.9 Å². The van der Waals surface area contributed by atoms with Gasteiger partial charge in [-0.15, -0.1) is 0 Å². The number of anilines is 2. The van der Waals surface area contributed by atoms with Gasteiger partial charge >= 0.3 is 12.0 Å². The molecular weight excluding hydrogens is 508 g/mol. The van der Waals surface area contributed by atoms with Gasteiger partial charge in [-0.25, -0.2) is 9.80 Å². The molecule has 1 fully saturated rings. The highest BCUT2D eigenvalue weighted by Gasteiger charge is 2.37. The molecule has 1 heterocycles. The predicted molar refractivity (Wildman–Crippen MR) is 154 cm³/mol. The Morgan fingerprint density at radius 3 is 2.50 bits per heavy atom. The van der Waals surface area contributed by atoms with Crippen molar-refractivity contribution in [1.82, 2.24) is 5.01 Å². The number of nitrogens with zero attached hydrogens (tertiary/aromatic N) is 3. The van der Waals surface area contributed by atoms with Gasteiger partial charge in [0.15, 0.2) is 5.78 Å². The number of carboxylic acids is 1. The van der Waals surface area contributed by atoms with Crippen molar-refractivity contribution in [2.75, 3.05) is 23.3 Å². The number of fused-ring (bicyclic) bond motifs is 1. The number of nitrogens with one attached hydrogen (secondary N) is 1. The average molecular weight is 547 g/mol. The highest BCUT2D eigenvalue weighted by molar-refractivity contribution is 6.13. The lowest BCUT2D eigenvalue weighted by molar-refractivity contribution is -0.136. The highest BCUT2D eigenvalue weighted by atomic mass is 16.4. The summed E-state index contributed by atoms with van der Waals surface area (Å²) < 4.78 is 0. The molecule has 2 unspecified atom stereocenters. The molecule has 2 aromatic carbocycles. The van der Waals surface area contributed by atoms with Crippen molar-refractivity contribution >= 4 is 40.8 Å². The smallest absolute Gasteiger partial charge is 0.345 e. The molecule has 0 aromatic heterocycles. The number of benzene rings is 2. The van der Waals surface area contributed by atoms with Crippen molar-refractivity contribution < 1.29 is 24.3 Å². The minimum absolute atomic E-state index is 0.106. The Kier molecular flexibility index (Phi) is 8.71. The number of aliphatic carboxylic acids is 1. The molecule has 2 aliphatic rings. The summed E-state index contributed by atoms with van der Waals surface area (Å²) in [5.41, 5.74) is 2.50. The van der Waals surface area contributed by atoms with Crippen molar-refractivity contribution in [2.24, 2.45) is 22.4 Å². The normalized spacial score (nSPS) is 19.4. The summed E-state index contributed by atoms with van der Waals surface area (Å²) in [4.78, 5) is 52.8. The number of carbonyl (C=O) groups is 4. The summed E-state index contributed by atoms with van der Waals surface area (Å²) in [7, 11) is 0. The van der Waals surface area contributed by atoms with Crippen LogP contribution in [-0.2, 0) is 20.8 Å². The number of Topliss-reactive ketones (excluding diaryl/α,β-unsaturated/α-hetero) is 1. The van der Waals surface area contributed by atoms with Crippen LogP contribution in [0.5, 0.6) is 0 Å². The zero-order valence-corrected chi connectivity index (χ0v) is 23.6. The molecule has 212 valence electrons. The third kappa shape index (κ3) is 6.94. The van der Waals surface area contributed by atoms with Crippen LogP contribution in [0.15, 0.2) is 53.6 Å². The Balaban J connectivity index is 1.68. The molecule has 0 saturated heterocycles. The Morgan fingerprint density at radius 1 is 1.05 bits per heavy atom. The molecule has 3 amide bonds. The Morgan fingerprint density at radius 2 is 1.80 bits per heavy atom. The maximum atomic E-state index is 14.0. The van der Waals surface area contributed by atoms with Crippen LogP contribution in [0.2, 0.25) is 0 Å². The van der Waals surface area contributed by atoms with E-state index in [-0.39, 0.29) is 31.2 Å². The fraction of sp³-hybridized carbons (Fsp3) is 0.452. The number of rotatable bonds is 8. The number of hydrogen-bond donors (Lipinski definition) is 2. The quantitative estimate of drug-likeness (QED) is 0.463. The Bertz CT molecular complexity index is 1330. The van der Waals surface area contributed by atoms with Crippen molar-refractivity contribution in [1.29, 1.82) is 0 Å². The molecule has 9 nitrogen and oxygen atoms in total. The zero-order chi connectivity index (χ0) is 29.0. The molecule has 0 bridgehead atoms. The van der Waals surface area contributed by atoms with Crippen LogP contribution in [0.4, 0.5) is 16.2 Å². The van der Waals surface area contributed by atoms with Crippen molar-refractivity contribution in [3.05, 3.63) is 59.7 Å². The van der Waals surface area contributed by atoms with Crippen LogP contribution in [0.1, 0.15) is 64.5 Å². The summed E-state index contributed by atoms with van der Waals surface area (Å²) in [5.74, 6) is -0.920. The highest BCUT2D eigenvalue weighted by Crippen LogP contribution is 2.36. The topological polar surface area (TPSA) is 119 Å². The lowest BCUT2D eigenvalue weighted by atomic mass is 9.78. The second-order valence-electron chi connectivity index (χ2n) is 11.9. The maximum Gasteiger partial charge on any atom is 0.345 e. The molecule has 0 spiro atoms.